The molecule has 1 aromatic carbocycles. The number of benzene rings is 1. The van der Waals surface area contributed by atoms with Crippen LogP contribution < -0.4 is 0 Å². The quantitative estimate of drug-likeness (QED) is 0.193. The molecule has 0 radical (unpaired) electrons. The van der Waals surface area contributed by atoms with E-state index in [-0.39, 0.29) is 6.42 Å². The van der Waals surface area contributed by atoms with Crippen LogP contribution in [0.15, 0.2) is 0 Å². The van der Waals surface area contributed by atoms with E-state index in [0.717, 1.165) is 32.1 Å². The number of halogens is 5. The van der Waals surface area contributed by atoms with Gasteiger partial charge in [0.15, 0.2) is 23.3 Å². The van der Waals surface area contributed by atoms with Gasteiger partial charge in [-0.1, -0.05) is 59.3 Å². The Balaban J connectivity index is 2.27. The maximum atomic E-state index is 13.5. The molecule has 0 fully saturated rings. The highest BCUT2D eigenvalue weighted by Crippen LogP contribution is 2.25. The second kappa shape index (κ2) is 9.38. The highest BCUT2D eigenvalue weighted by atomic mass is 19.2. The molecule has 0 aliphatic heterocycles. The summed E-state index contributed by atoms with van der Waals surface area (Å²) in [5.74, 6) is -9.21. The summed E-state index contributed by atoms with van der Waals surface area (Å²) >= 11 is 0. The minimum atomic E-state index is -2.09. The van der Waals surface area contributed by atoms with Crippen molar-refractivity contribution < 1.29 is 22.0 Å². The standard InChI is InChI=1S/C19H27F5/c1-19(2,3)12-10-8-6-4-5-7-9-11-13-14(20)16(22)18(24)17(23)15(13)21/h4-12H2,1-3H3. The lowest BCUT2D eigenvalue weighted by molar-refractivity contribution is 0.356. The van der Waals surface area contributed by atoms with Crippen molar-refractivity contribution >= 4 is 0 Å². The number of hydrogen-bond donors (Lipinski definition) is 0. The van der Waals surface area contributed by atoms with E-state index < -0.39 is 34.6 Å². The zero-order chi connectivity index (χ0) is 18.3. The van der Waals surface area contributed by atoms with E-state index in [1.807, 2.05) is 0 Å². The molecule has 0 spiro atoms. The van der Waals surface area contributed by atoms with Gasteiger partial charge in [-0.25, -0.2) is 22.0 Å². The van der Waals surface area contributed by atoms with Gasteiger partial charge in [0, 0.05) is 5.56 Å². The molecule has 5 heteroatoms. The first-order valence-corrected chi connectivity index (χ1v) is 8.65. The molecule has 0 unspecified atom stereocenters. The van der Waals surface area contributed by atoms with Gasteiger partial charge in [0.25, 0.3) is 0 Å². The van der Waals surface area contributed by atoms with Crippen LogP contribution in [0.2, 0.25) is 0 Å². The molecule has 1 rings (SSSR count). The minimum absolute atomic E-state index is 0.129. The van der Waals surface area contributed by atoms with Gasteiger partial charge in [0.05, 0.1) is 0 Å². The Morgan fingerprint density at radius 1 is 0.542 bits per heavy atom. The number of hydrogen-bond acceptors (Lipinski definition) is 0. The van der Waals surface area contributed by atoms with Gasteiger partial charge in [-0.15, -0.1) is 0 Å². The van der Waals surface area contributed by atoms with Gasteiger partial charge in [-0.05, 0) is 24.7 Å². The van der Waals surface area contributed by atoms with Crippen LogP contribution in [0.3, 0.4) is 0 Å². The fourth-order valence-electron chi connectivity index (χ4n) is 2.71. The van der Waals surface area contributed by atoms with Crippen molar-refractivity contribution in [2.45, 2.75) is 78.6 Å². The van der Waals surface area contributed by atoms with E-state index in [9.17, 15) is 22.0 Å². The Morgan fingerprint density at radius 2 is 0.917 bits per heavy atom. The first-order valence-electron chi connectivity index (χ1n) is 8.65. The van der Waals surface area contributed by atoms with Gasteiger partial charge < -0.3 is 0 Å². The lowest BCUT2D eigenvalue weighted by atomic mass is 9.89. The second-order valence-electron chi connectivity index (χ2n) is 7.58. The zero-order valence-electron chi connectivity index (χ0n) is 14.8. The summed E-state index contributed by atoms with van der Waals surface area (Å²) in [6, 6.07) is 0. The molecule has 1 aromatic rings. The Kier molecular flexibility index (Phi) is 8.17. The van der Waals surface area contributed by atoms with Crippen molar-refractivity contribution in [3.8, 4) is 0 Å². The molecular weight excluding hydrogens is 323 g/mol. The lowest BCUT2D eigenvalue weighted by Gasteiger charge is -2.17. The largest absolute Gasteiger partial charge is 0.203 e. The van der Waals surface area contributed by atoms with E-state index in [1.165, 1.54) is 12.8 Å². The average Bonchev–Trinajstić information content (AvgIpc) is 2.51. The smallest absolute Gasteiger partial charge is 0.200 e. The monoisotopic (exact) mass is 350 g/mol. The van der Waals surface area contributed by atoms with Crippen LogP contribution in [0.1, 0.15) is 77.7 Å². The molecule has 0 saturated heterocycles. The molecule has 0 aliphatic carbocycles. The van der Waals surface area contributed by atoms with Crippen LogP contribution >= 0.6 is 0 Å². The highest BCUT2D eigenvalue weighted by molar-refractivity contribution is 5.24. The van der Waals surface area contributed by atoms with E-state index in [0.29, 0.717) is 11.8 Å². The Hall–Kier alpha value is -1.13. The molecule has 0 N–H and O–H groups in total. The predicted octanol–water partition coefficient (Wildman–Crippen LogP) is 7.09. The van der Waals surface area contributed by atoms with Crippen molar-refractivity contribution in [3.05, 3.63) is 34.6 Å². The van der Waals surface area contributed by atoms with Crippen molar-refractivity contribution in [1.82, 2.24) is 0 Å². The van der Waals surface area contributed by atoms with Gasteiger partial charge in [0.1, 0.15) is 0 Å². The van der Waals surface area contributed by atoms with E-state index >= 15 is 0 Å². The first kappa shape index (κ1) is 20.9. The number of rotatable bonds is 9. The average molecular weight is 350 g/mol. The van der Waals surface area contributed by atoms with Gasteiger partial charge in [-0.2, -0.15) is 0 Å². The summed E-state index contributed by atoms with van der Waals surface area (Å²) in [4.78, 5) is 0. The van der Waals surface area contributed by atoms with Gasteiger partial charge in [0.2, 0.25) is 5.82 Å². The Labute approximate surface area is 141 Å². The molecule has 0 atom stereocenters. The maximum absolute atomic E-state index is 13.5. The predicted molar refractivity (Wildman–Crippen MR) is 86.3 cm³/mol. The first-order chi connectivity index (χ1) is 11.1. The summed E-state index contributed by atoms with van der Waals surface area (Å²) < 4.78 is 66.1. The van der Waals surface area contributed by atoms with Crippen molar-refractivity contribution in [3.63, 3.8) is 0 Å². The third kappa shape index (κ3) is 6.40. The number of unbranched alkanes of at least 4 members (excludes halogenated alkanes) is 6. The summed E-state index contributed by atoms with van der Waals surface area (Å²) in [5, 5.41) is 0. The molecule has 0 aliphatic rings. The van der Waals surface area contributed by atoms with Crippen LogP contribution in [-0.4, -0.2) is 0 Å². The van der Waals surface area contributed by atoms with Crippen molar-refractivity contribution in [1.29, 1.82) is 0 Å². The third-order valence-electron chi connectivity index (χ3n) is 4.15. The summed E-state index contributed by atoms with van der Waals surface area (Å²) in [5.41, 5.74) is -0.343. The van der Waals surface area contributed by atoms with Crippen molar-refractivity contribution in [2.24, 2.45) is 5.41 Å². The van der Waals surface area contributed by atoms with Crippen LogP contribution in [0.4, 0.5) is 22.0 Å². The summed E-state index contributed by atoms with van der Waals surface area (Å²) in [6.45, 7) is 6.64. The summed E-state index contributed by atoms with van der Waals surface area (Å²) in [7, 11) is 0. The fourth-order valence-corrected chi connectivity index (χ4v) is 2.71. The van der Waals surface area contributed by atoms with Crippen LogP contribution in [-0.2, 0) is 6.42 Å². The third-order valence-corrected chi connectivity index (χ3v) is 4.15. The van der Waals surface area contributed by atoms with Gasteiger partial charge >= 0.3 is 0 Å². The van der Waals surface area contributed by atoms with Crippen LogP contribution in [0.5, 0.6) is 0 Å². The molecule has 138 valence electrons. The molecule has 0 nitrogen and oxygen atoms in total. The normalized spacial score (nSPS) is 12.0. The SMILES string of the molecule is CC(C)(C)CCCCCCCCCc1c(F)c(F)c(F)c(F)c1F. The Bertz CT molecular complexity index is 503. The van der Waals surface area contributed by atoms with E-state index in [1.54, 1.807) is 0 Å². The molecule has 24 heavy (non-hydrogen) atoms. The molecule has 0 heterocycles. The lowest BCUT2D eigenvalue weighted by Crippen LogP contribution is -2.07. The molecular formula is C19H27F5. The molecule has 0 saturated carbocycles. The highest BCUT2D eigenvalue weighted by Gasteiger charge is 2.24. The molecule has 0 aromatic heterocycles. The van der Waals surface area contributed by atoms with Crippen molar-refractivity contribution in [2.75, 3.05) is 0 Å². The second-order valence-corrected chi connectivity index (χ2v) is 7.58. The van der Waals surface area contributed by atoms with E-state index in [4.69, 9.17) is 0 Å². The van der Waals surface area contributed by atoms with Gasteiger partial charge in [-0.3, -0.25) is 0 Å². The maximum Gasteiger partial charge on any atom is 0.200 e. The summed E-state index contributed by atoms with van der Waals surface area (Å²) in [6.07, 6.45) is 7.59. The molecule has 0 amide bonds. The Morgan fingerprint density at radius 3 is 1.38 bits per heavy atom. The topological polar surface area (TPSA) is 0 Å². The van der Waals surface area contributed by atoms with E-state index in [2.05, 4.69) is 20.8 Å². The van der Waals surface area contributed by atoms with Crippen LogP contribution in [0, 0.1) is 34.5 Å². The fraction of sp³-hybridized carbons (Fsp3) is 0.684. The van der Waals surface area contributed by atoms with Crippen LogP contribution in [0.25, 0.3) is 0 Å². The minimum Gasteiger partial charge on any atom is -0.203 e. The zero-order valence-corrected chi connectivity index (χ0v) is 14.8. The molecule has 0 bridgehead atoms.